The lowest BCUT2D eigenvalue weighted by atomic mass is 9.95. The van der Waals surface area contributed by atoms with Gasteiger partial charge in [0, 0.05) is 22.6 Å². The van der Waals surface area contributed by atoms with Gasteiger partial charge in [-0.25, -0.2) is 4.79 Å². The van der Waals surface area contributed by atoms with Crippen molar-refractivity contribution in [1.29, 1.82) is 0 Å². The molecule has 1 heterocycles. The molecule has 3 rings (SSSR count). The number of carbonyl (C=O) groups is 2. The molecule has 1 fully saturated rings. The minimum absolute atomic E-state index is 0.0194. The Labute approximate surface area is 174 Å². The molecule has 1 amide bonds. The minimum atomic E-state index is -0.349. The van der Waals surface area contributed by atoms with Crippen molar-refractivity contribution in [2.75, 3.05) is 25.0 Å². The van der Waals surface area contributed by atoms with Crippen molar-refractivity contribution < 1.29 is 14.3 Å². The normalized spacial score (nSPS) is 15.2. The van der Waals surface area contributed by atoms with Crippen LogP contribution in [0.1, 0.15) is 35.7 Å². The highest BCUT2D eigenvalue weighted by Gasteiger charge is 2.25. The fourth-order valence-electron chi connectivity index (χ4n) is 3.35. The van der Waals surface area contributed by atoms with Gasteiger partial charge in [-0.1, -0.05) is 28.1 Å². The maximum atomic E-state index is 12.6. The zero-order valence-corrected chi connectivity index (χ0v) is 17.6. The van der Waals surface area contributed by atoms with Crippen LogP contribution in [-0.4, -0.2) is 36.5 Å². The van der Waals surface area contributed by atoms with Crippen molar-refractivity contribution in [3.8, 4) is 0 Å². The summed E-state index contributed by atoms with van der Waals surface area (Å²) in [5, 5.41) is 2.97. The Morgan fingerprint density at radius 3 is 2.32 bits per heavy atom. The average molecular weight is 445 g/mol. The molecule has 1 aliphatic heterocycles. The second-order valence-corrected chi connectivity index (χ2v) is 7.88. The van der Waals surface area contributed by atoms with Gasteiger partial charge in [0.05, 0.1) is 12.2 Å². The number of amides is 1. The number of hydrogen-bond donors (Lipinski definition) is 1. The lowest BCUT2D eigenvalue weighted by Crippen LogP contribution is -2.37. The number of nitrogens with one attached hydrogen (secondary N) is 1. The van der Waals surface area contributed by atoms with Crippen molar-refractivity contribution in [2.45, 2.75) is 26.3 Å². The molecule has 1 saturated heterocycles. The van der Waals surface area contributed by atoms with Gasteiger partial charge in [0.2, 0.25) is 5.91 Å². The Balaban J connectivity index is 1.47. The van der Waals surface area contributed by atoms with Crippen molar-refractivity contribution in [2.24, 2.45) is 5.92 Å². The van der Waals surface area contributed by atoms with E-state index < -0.39 is 0 Å². The minimum Gasteiger partial charge on any atom is -0.462 e. The molecular formula is C22H25BrN2O3. The summed E-state index contributed by atoms with van der Waals surface area (Å²) in [4.78, 5) is 26.6. The van der Waals surface area contributed by atoms with E-state index in [1.807, 2.05) is 0 Å². The van der Waals surface area contributed by atoms with E-state index in [0.29, 0.717) is 17.9 Å². The first kappa shape index (κ1) is 20.6. The summed E-state index contributed by atoms with van der Waals surface area (Å²) in [6.07, 6.45) is 1.70. The zero-order valence-electron chi connectivity index (χ0n) is 16.0. The van der Waals surface area contributed by atoms with Crippen LogP contribution in [-0.2, 0) is 16.1 Å². The number of hydrogen-bond acceptors (Lipinski definition) is 4. The highest BCUT2D eigenvalue weighted by molar-refractivity contribution is 9.10. The van der Waals surface area contributed by atoms with Crippen LogP contribution in [0, 0.1) is 5.92 Å². The van der Waals surface area contributed by atoms with Gasteiger partial charge in [0.15, 0.2) is 0 Å². The number of anilines is 1. The number of ether oxygens (including phenoxy) is 1. The van der Waals surface area contributed by atoms with Crippen LogP contribution in [0.2, 0.25) is 0 Å². The van der Waals surface area contributed by atoms with Gasteiger partial charge in [-0.05, 0) is 74.8 Å². The standard InChI is InChI=1S/C22H25BrN2O3/c1-2-28-22(27)18-5-9-20(10-6-18)24-21(26)17-11-13-25(14-12-17)15-16-3-7-19(23)8-4-16/h3-10,17H,2,11-15H2,1H3,(H,24,26). The third-order valence-electron chi connectivity index (χ3n) is 4.94. The quantitative estimate of drug-likeness (QED) is 0.667. The molecule has 28 heavy (non-hydrogen) atoms. The summed E-state index contributed by atoms with van der Waals surface area (Å²) in [5.41, 5.74) is 2.48. The largest absolute Gasteiger partial charge is 0.462 e. The fourth-order valence-corrected chi connectivity index (χ4v) is 3.61. The summed E-state index contributed by atoms with van der Waals surface area (Å²) < 4.78 is 6.05. The van der Waals surface area contributed by atoms with Crippen LogP contribution in [0.4, 0.5) is 5.69 Å². The molecule has 1 aliphatic rings. The van der Waals surface area contributed by atoms with E-state index in [9.17, 15) is 9.59 Å². The lowest BCUT2D eigenvalue weighted by molar-refractivity contribution is -0.121. The van der Waals surface area contributed by atoms with Crippen LogP contribution in [0.3, 0.4) is 0 Å². The van der Waals surface area contributed by atoms with Gasteiger partial charge in [-0.15, -0.1) is 0 Å². The van der Waals surface area contributed by atoms with Crippen LogP contribution in [0.25, 0.3) is 0 Å². The number of esters is 1. The first-order valence-electron chi connectivity index (χ1n) is 9.60. The van der Waals surface area contributed by atoms with Gasteiger partial charge in [-0.2, -0.15) is 0 Å². The molecule has 0 bridgehead atoms. The van der Waals surface area contributed by atoms with Crippen LogP contribution in [0.15, 0.2) is 53.0 Å². The molecule has 6 heteroatoms. The number of piperidine rings is 1. The van der Waals surface area contributed by atoms with Gasteiger partial charge in [0.25, 0.3) is 0 Å². The maximum Gasteiger partial charge on any atom is 0.338 e. The average Bonchev–Trinajstić information content (AvgIpc) is 2.71. The van der Waals surface area contributed by atoms with E-state index in [0.717, 1.165) is 36.9 Å². The Kier molecular flexibility index (Phi) is 7.23. The molecule has 0 spiro atoms. The van der Waals surface area contributed by atoms with Crippen molar-refractivity contribution >= 4 is 33.5 Å². The number of rotatable bonds is 6. The summed E-state index contributed by atoms with van der Waals surface area (Å²) in [7, 11) is 0. The summed E-state index contributed by atoms with van der Waals surface area (Å²) in [5.74, 6) is -0.281. The van der Waals surface area contributed by atoms with E-state index >= 15 is 0 Å². The molecule has 2 aromatic carbocycles. The second kappa shape index (κ2) is 9.85. The van der Waals surface area contributed by atoms with E-state index in [1.165, 1.54) is 5.56 Å². The van der Waals surface area contributed by atoms with Gasteiger partial charge >= 0.3 is 5.97 Å². The Bertz CT molecular complexity index is 798. The SMILES string of the molecule is CCOC(=O)c1ccc(NC(=O)C2CCN(Cc3ccc(Br)cc3)CC2)cc1. The number of halogens is 1. The van der Waals surface area contributed by atoms with Crippen LogP contribution >= 0.6 is 15.9 Å². The van der Waals surface area contributed by atoms with Gasteiger partial charge in [-0.3, -0.25) is 9.69 Å². The number of benzene rings is 2. The summed E-state index contributed by atoms with van der Waals surface area (Å²) in [6.45, 7) is 4.86. The van der Waals surface area contributed by atoms with E-state index in [2.05, 4.69) is 50.4 Å². The molecule has 0 aromatic heterocycles. The summed E-state index contributed by atoms with van der Waals surface area (Å²) in [6, 6.07) is 15.2. The third-order valence-corrected chi connectivity index (χ3v) is 5.47. The van der Waals surface area contributed by atoms with Crippen molar-refractivity contribution in [3.05, 3.63) is 64.1 Å². The Morgan fingerprint density at radius 2 is 1.71 bits per heavy atom. The molecule has 0 unspecified atom stereocenters. The number of likely N-dealkylation sites (tertiary alicyclic amines) is 1. The highest BCUT2D eigenvalue weighted by Crippen LogP contribution is 2.22. The molecular weight excluding hydrogens is 420 g/mol. The number of nitrogens with zero attached hydrogens (tertiary/aromatic N) is 1. The molecule has 0 atom stereocenters. The molecule has 0 radical (unpaired) electrons. The smallest absolute Gasteiger partial charge is 0.338 e. The molecule has 148 valence electrons. The van der Waals surface area contributed by atoms with Crippen LogP contribution in [0.5, 0.6) is 0 Å². The van der Waals surface area contributed by atoms with E-state index in [4.69, 9.17) is 4.74 Å². The predicted octanol–water partition coefficient (Wildman–Crippen LogP) is 4.48. The Morgan fingerprint density at radius 1 is 1.07 bits per heavy atom. The topological polar surface area (TPSA) is 58.6 Å². The fraction of sp³-hybridized carbons (Fsp3) is 0.364. The van der Waals surface area contributed by atoms with E-state index in [-0.39, 0.29) is 17.8 Å². The first-order valence-corrected chi connectivity index (χ1v) is 10.4. The Hall–Kier alpha value is -2.18. The first-order chi connectivity index (χ1) is 13.5. The second-order valence-electron chi connectivity index (χ2n) is 6.96. The predicted molar refractivity (Wildman–Crippen MR) is 113 cm³/mol. The molecule has 0 saturated carbocycles. The lowest BCUT2D eigenvalue weighted by Gasteiger charge is -2.31. The van der Waals surface area contributed by atoms with Gasteiger partial charge < -0.3 is 10.1 Å². The molecule has 5 nitrogen and oxygen atoms in total. The van der Waals surface area contributed by atoms with Crippen molar-refractivity contribution in [1.82, 2.24) is 4.90 Å². The maximum absolute atomic E-state index is 12.6. The zero-order chi connectivity index (χ0) is 19.9. The third kappa shape index (κ3) is 5.66. The molecule has 0 aliphatic carbocycles. The molecule has 1 N–H and O–H groups in total. The van der Waals surface area contributed by atoms with Crippen molar-refractivity contribution in [3.63, 3.8) is 0 Å². The van der Waals surface area contributed by atoms with Crippen LogP contribution < -0.4 is 5.32 Å². The summed E-state index contributed by atoms with van der Waals surface area (Å²) >= 11 is 3.46. The highest BCUT2D eigenvalue weighted by atomic mass is 79.9. The monoisotopic (exact) mass is 444 g/mol. The van der Waals surface area contributed by atoms with Gasteiger partial charge in [0.1, 0.15) is 0 Å². The number of carbonyl (C=O) groups excluding carboxylic acids is 2. The molecule has 2 aromatic rings. The van der Waals surface area contributed by atoms with E-state index in [1.54, 1.807) is 31.2 Å².